The first kappa shape index (κ1) is 27.7. The van der Waals surface area contributed by atoms with Crippen molar-refractivity contribution in [2.75, 3.05) is 11.9 Å². The number of ether oxygens (including phenoxy) is 1. The number of hydrogen-bond donors (Lipinski definition) is 1. The van der Waals surface area contributed by atoms with Crippen LogP contribution in [0.25, 0.3) is 0 Å². The Morgan fingerprint density at radius 1 is 0.927 bits per heavy atom. The molecule has 41 heavy (non-hydrogen) atoms. The molecule has 1 saturated heterocycles. The number of carbonyl (C=O) groups is 4. The molecule has 3 amide bonds. The van der Waals surface area contributed by atoms with Gasteiger partial charge in [-0.25, -0.2) is 4.79 Å². The summed E-state index contributed by atoms with van der Waals surface area (Å²) in [5.74, 6) is -4.22. The van der Waals surface area contributed by atoms with Gasteiger partial charge in [-0.2, -0.15) is 0 Å². The second-order valence-electron chi connectivity index (χ2n) is 11.2. The number of nitrogens with one attached hydrogen (secondary N) is 1. The van der Waals surface area contributed by atoms with E-state index in [9.17, 15) is 19.2 Å². The Labute approximate surface area is 251 Å². The maximum atomic E-state index is 14.1. The Morgan fingerprint density at radius 3 is 1.88 bits per heavy atom. The fraction of sp³-hybridized carbons (Fsp3) is 0.312. The highest BCUT2D eigenvalue weighted by Crippen LogP contribution is 2.61. The van der Waals surface area contributed by atoms with Gasteiger partial charge in [0.15, 0.2) is 6.61 Å². The average molecular weight is 636 g/mol. The summed E-state index contributed by atoms with van der Waals surface area (Å²) in [6.07, 6.45) is 0. The molecule has 3 aliphatic carbocycles. The third kappa shape index (κ3) is 4.39. The number of anilines is 1. The number of esters is 1. The summed E-state index contributed by atoms with van der Waals surface area (Å²) in [5.41, 5.74) is 5.50. The quantitative estimate of drug-likeness (QED) is 0.273. The lowest BCUT2D eigenvalue weighted by molar-refractivity contribution is -0.162. The van der Waals surface area contributed by atoms with Gasteiger partial charge in [-0.15, -0.1) is 0 Å². The van der Waals surface area contributed by atoms with Gasteiger partial charge in [0.25, 0.3) is 5.91 Å². The Balaban J connectivity index is 1.25. The molecule has 210 valence electrons. The van der Waals surface area contributed by atoms with Crippen LogP contribution in [-0.4, -0.2) is 41.2 Å². The Morgan fingerprint density at radius 2 is 1.41 bits per heavy atom. The van der Waals surface area contributed by atoms with Gasteiger partial charge in [-0.3, -0.25) is 19.3 Å². The van der Waals surface area contributed by atoms with E-state index in [4.69, 9.17) is 16.3 Å². The lowest BCUT2D eigenvalue weighted by Crippen LogP contribution is -2.49. The molecule has 3 aromatic rings. The predicted molar refractivity (Wildman–Crippen MR) is 158 cm³/mol. The molecule has 7 rings (SSSR count). The highest BCUT2D eigenvalue weighted by molar-refractivity contribution is 9.10. The van der Waals surface area contributed by atoms with Gasteiger partial charge in [0.05, 0.1) is 16.9 Å². The number of likely N-dealkylation sites (tertiary alicyclic amines) is 1. The predicted octanol–water partition coefficient (Wildman–Crippen LogP) is 5.81. The molecule has 3 atom stereocenters. The Hall–Kier alpha value is -3.49. The van der Waals surface area contributed by atoms with Crippen molar-refractivity contribution in [2.24, 2.45) is 17.8 Å². The second kappa shape index (κ2) is 10.4. The summed E-state index contributed by atoms with van der Waals surface area (Å²) in [5, 5.41) is 3.13. The molecule has 0 aromatic heterocycles. The van der Waals surface area contributed by atoms with Gasteiger partial charge in [0, 0.05) is 22.0 Å². The van der Waals surface area contributed by atoms with E-state index in [0.29, 0.717) is 15.2 Å². The summed E-state index contributed by atoms with van der Waals surface area (Å²) in [6.45, 7) is 4.77. The molecule has 2 bridgehead atoms. The number of imide groups is 1. The molecule has 1 heterocycles. The minimum absolute atomic E-state index is 0.269. The molecule has 0 radical (unpaired) electrons. The fourth-order valence-corrected chi connectivity index (χ4v) is 7.46. The van der Waals surface area contributed by atoms with Crippen molar-refractivity contribution in [3.05, 3.63) is 98.0 Å². The van der Waals surface area contributed by atoms with Crippen LogP contribution in [0.4, 0.5) is 5.69 Å². The third-order valence-corrected chi connectivity index (χ3v) is 9.72. The van der Waals surface area contributed by atoms with Gasteiger partial charge >= 0.3 is 5.97 Å². The highest BCUT2D eigenvalue weighted by atomic mass is 79.9. The van der Waals surface area contributed by atoms with E-state index >= 15 is 0 Å². The fourth-order valence-electron chi connectivity index (χ4n) is 6.84. The van der Waals surface area contributed by atoms with E-state index in [1.54, 1.807) is 26.0 Å². The van der Waals surface area contributed by atoms with E-state index in [2.05, 4.69) is 21.2 Å². The van der Waals surface area contributed by atoms with Crippen LogP contribution in [0.1, 0.15) is 53.5 Å². The molecule has 1 N–H and O–H groups in total. The first-order valence-corrected chi connectivity index (χ1v) is 14.7. The number of hydrogen-bond acceptors (Lipinski definition) is 5. The van der Waals surface area contributed by atoms with Crippen LogP contribution in [0.15, 0.2) is 65.1 Å². The number of amides is 3. The van der Waals surface area contributed by atoms with Crippen LogP contribution < -0.4 is 5.32 Å². The molecule has 0 unspecified atom stereocenters. The highest BCUT2D eigenvalue weighted by Gasteiger charge is 2.63. The van der Waals surface area contributed by atoms with Gasteiger partial charge < -0.3 is 10.1 Å². The molecule has 3 aromatic carbocycles. The standard InChI is InChI=1S/C32H28BrClN2O5/c1-15(2)29(32(40)41-14-24(37)35-23-13-22(34)21(33)12-16(23)3)36-30(38)27-25-17-8-4-5-9-18(17)26(28(27)31(36)39)20-11-7-6-10-19(20)25/h4-13,15,25-29H,14H2,1-3H3,(H,35,37)/t25?,26?,27-,28+,29-/m1/s1. The molecular formula is C32H28BrClN2O5. The third-order valence-electron chi connectivity index (χ3n) is 8.52. The summed E-state index contributed by atoms with van der Waals surface area (Å²) < 4.78 is 6.10. The molecule has 1 aliphatic heterocycles. The topological polar surface area (TPSA) is 92.8 Å². The van der Waals surface area contributed by atoms with Crippen molar-refractivity contribution >= 4 is 56.9 Å². The first-order valence-electron chi connectivity index (χ1n) is 13.6. The first-order chi connectivity index (χ1) is 19.6. The SMILES string of the molecule is Cc1cc(Br)c(Cl)cc1NC(=O)COC(=O)[C@@H](C(C)C)N1C(=O)[C@@H]2C3c4ccccc4C(c4ccccc43)[C@@H]2C1=O. The van der Waals surface area contributed by atoms with E-state index in [-0.39, 0.29) is 23.7 Å². The molecular weight excluding hydrogens is 608 g/mol. The summed E-state index contributed by atoms with van der Waals surface area (Å²) in [4.78, 5) is 55.4. The van der Waals surface area contributed by atoms with Crippen molar-refractivity contribution in [1.29, 1.82) is 0 Å². The van der Waals surface area contributed by atoms with Gasteiger partial charge in [-0.05, 0) is 68.7 Å². The molecule has 9 heteroatoms. The smallest absolute Gasteiger partial charge is 0.330 e. The zero-order valence-corrected chi connectivity index (χ0v) is 25.0. The molecule has 1 fully saturated rings. The zero-order valence-electron chi connectivity index (χ0n) is 22.7. The number of aryl methyl sites for hydroxylation is 1. The van der Waals surface area contributed by atoms with Crippen molar-refractivity contribution in [2.45, 2.75) is 38.6 Å². The number of nitrogens with zero attached hydrogens (tertiary/aromatic N) is 1. The number of halogens is 2. The maximum Gasteiger partial charge on any atom is 0.330 e. The number of carbonyl (C=O) groups excluding carboxylic acids is 4. The summed E-state index contributed by atoms with van der Waals surface area (Å²) in [6, 6.07) is 18.2. The van der Waals surface area contributed by atoms with Crippen molar-refractivity contribution in [3.63, 3.8) is 0 Å². The van der Waals surface area contributed by atoms with E-state index in [1.165, 1.54) is 0 Å². The minimum atomic E-state index is -1.15. The van der Waals surface area contributed by atoms with Crippen LogP contribution in [-0.2, 0) is 23.9 Å². The van der Waals surface area contributed by atoms with Gasteiger partial charge in [0.2, 0.25) is 11.8 Å². The molecule has 0 saturated carbocycles. The number of rotatable bonds is 6. The number of benzene rings is 3. The van der Waals surface area contributed by atoms with E-state index in [0.717, 1.165) is 32.7 Å². The van der Waals surface area contributed by atoms with Gasteiger partial charge in [-0.1, -0.05) is 74.0 Å². The molecule has 7 nitrogen and oxygen atoms in total. The largest absolute Gasteiger partial charge is 0.454 e. The second-order valence-corrected chi connectivity index (χ2v) is 12.5. The zero-order chi connectivity index (χ0) is 29.2. The Kier molecular flexibility index (Phi) is 7.02. The maximum absolute atomic E-state index is 14.1. The van der Waals surface area contributed by atoms with Gasteiger partial charge in [0.1, 0.15) is 6.04 Å². The molecule has 4 aliphatic rings. The van der Waals surface area contributed by atoms with Crippen molar-refractivity contribution < 1.29 is 23.9 Å². The van der Waals surface area contributed by atoms with E-state index in [1.807, 2.05) is 55.5 Å². The lowest BCUT2D eigenvalue weighted by Gasteiger charge is -2.45. The molecule has 0 spiro atoms. The lowest BCUT2D eigenvalue weighted by atomic mass is 9.55. The average Bonchev–Trinajstić information content (AvgIpc) is 3.20. The van der Waals surface area contributed by atoms with Crippen molar-refractivity contribution in [3.8, 4) is 0 Å². The van der Waals surface area contributed by atoms with E-state index < -0.39 is 42.3 Å². The minimum Gasteiger partial charge on any atom is -0.454 e. The van der Waals surface area contributed by atoms with Crippen LogP contribution in [0.5, 0.6) is 0 Å². The van der Waals surface area contributed by atoms with Crippen LogP contribution in [0, 0.1) is 24.7 Å². The van der Waals surface area contributed by atoms with Crippen LogP contribution in [0.2, 0.25) is 5.02 Å². The summed E-state index contributed by atoms with van der Waals surface area (Å²) in [7, 11) is 0. The summed E-state index contributed by atoms with van der Waals surface area (Å²) >= 11 is 9.50. The Bertz CT molecular complexity index is 1510. The van der Waals surface area contributed by atoms with Crippen LogP contribution >= 0.6 is 27.5 Å². The van der Waals surface area contributed by atoms with Crippen molar-refractivity contribution in [1.82, 2.24) is 4.90 Å². The van der Waals surface area contributed by atoms with Crippen LogP contribution in [0.3, 0.4) is 0 Å². The monoisotopic (exact) mass is 634 g/mol. The normalized spacial score (nSPS) is 22.7.